The molecule has 1 heterocycles. The molecule has 8 heteroatoms. The fourth-order valence-electron chi connectivity index (χ4n) is 2.33. The lowest BCUT2D eigenvalue weighted by Gasteiger charge is -2.18. The molecule has 0 saturated heterocycles. The summed E-state index contributed by atoms with van der Waals surface area (Å²) in [4.78, 5) is 23.8. The Labute approximate surface area is 124 Å². The molecule has 2 aromatic rings. The van der Waals surface area contributed by atoms with Gasteiger partial charge in [-0.3, -0.25) is 4.79 Å². The highest BCUT2D eigenvalue weighted by atomic mass is 16.5. The number of fused-ring (bicyclic) bond motifs is 1. The van der Waals surface area contributed by atoms with Crippen molar-refractivity contribution in [2.24, 2.45) is 5.73 Å². The largest absolute Gasteiger partial charge is 0.805 e. The molecule has 0 saturated carbocycles. The van der Waals surface area contributed by atoms with E-state index in [-0.39, 0.29) is 22.4 Å². The van der Waals surface area contributed by atoms with Crippen molar-refractivity contribution in [3.05, 3.63) is 57.1 Å². The Morgan fingerprint density at radius 2 is 2.00 bits per heavy atom. The fourth-order valence-corrected chi connectivity index (χ4v) is 2.33. The molecule has 1 aromatic heterocycles. The molecule has 2 rings (SSSR count). The first kappa shape index (κ1) is 15.5. The van der Waals surface area contributed by atoms with Crippen LogP contribution in [0.3, 0.4) is 0 Å². The Hall–Kier alpha value is -2.87. The molecule has 0 radical (unpaired) electrons. The number of allylic oxidation sites excluding steroid dienone is 1. The van der Waals surface area contributed by atoms with Crippen LogP contribution in [0.1, 0.15) is 24.4 Å². The molecule has 1 atom stereocenters. The van der Waals surface area contributed by atoms with Crippen molar-refractivity contribution in [2.45, 2.75) is 20.0 Å². The fraction of sp³-hybridized carbons (Fsp3) is 0.214. The molecular formula is C14H15N3O5. The molecule has 8 nitrogen and oxygen atoms in total. The summed E-state index contributed by atoms with van der Waals surface area (Å²) >= 11 is 0. The van der Waals surface area contributed by atoms with Gasteiger partial charge in [0.2, 0.25) is 0 Å². The summed E-state index contributed by atoms with van der Waals surface area (Å²) in [5, 5.41) is 32.0. The zero-order chi connectivity index (χ0) is 16.6. The van der Waals surface area contributed by atoms with Crippen LogP contribution in [-0.2, 0) is 4.79 Å². The Balaban J connectivity index is 2.85. The third kappa shape index (κ3) is 2.29. The van der Waals surface area contributed by atoms with Crippen LogP contribution in [0.4, 0.5) is 0 Å². The van der Waals surface area contributed by atoms with Gasteiger partial charge >= 0.3 is 0 Å². The van der Waals surface area contributed by atoms with Gasteiger partial charge in [0.15, 0.2) is 6.10 Å². The second-order valence-electron chi connectivity index (χ2n) is 4.81. The number of hydrogen-bond donors (Lipinski definition) is 3. The predicted octanol–water partition coefficient (Wildman–Crippen LogP) is 0.561. The lowest BCUT2D eigenvalue weighted by atomic mass is 10.0. The van der Waals surface area contributed by atoms with Gasteiger partial charge in [-0.2, -0.15) is 0 Å². The molecule has 1 amide bonds. The first-order valence-corrected chi connectivity index (χ1v) is 6.39. The molecule has 0 aliphatic heterocycles. The summed E-state index contributed by atoms with van der Waals surface area (Å²) in [6, 6.07) is 6.02. The van der Waals surface area contributed by atoms with Crippen molar-refractivity contribution in [1.82, 2.24) is 4.73 Å². The van der Waals surface area contributed by atoms with Gasteiger partial charge in [0.1, 0.15) is 11.3 Å². The Morgan fingerprint density at radius 1 is 1.41 bits per heavy atom. The number of carbonyl (C=O) groups is 1. The number of nitrogens with two attached hydrogens (primary N) is 1. The van der Waals surface area contributed by atoms with Crippen LogP contribution in [0.5, 0.6) is 0 Å². The summed E-state index contributed by atoms with van der Waals surface area (Å²) in [6.45, 7) is 2.48. The molecule has 0 bridgehead atoms. The van der Waals surface area contributed by atoms with E-state index in [1.165, 1.54) is 19.1 Å². The Kier molecular flexibility index (Phi) is 3.87. The van der Waals surface area contributed by atoms with Crippen molar-refractivity contribution in [2.75, 3.05) is 0 Å². The maximum atomic E-state index is 12.4. The molecule has 0 spiro atoms. The van der Waals surface area contributed by atoms with E-state index in [4.69, 9.17) is 5.73 Å². The number of benzene rings is 1. The van der Waals surface area contributed by atoms with Crippen LogP contribution < -0.4 is 10.2 Å². The SMILES string of the molecule is C/C(O)=C(/C(N)=O)C(O)c1c(C)n([O-])c2ccccc2[n+]1=O. The molecule has 0 fully saturated rings. The van der Waals surface area contributed by atoms with Crippen LogP contribution >= 0.6 is 0 Å². The zero-order valence-electron chi connectivity index (χ0n) is 12.0. The van der Waals surface area contributed by atoms with E-state index in [1.807, 2.05) is 0 Å². The number of rotatable bonds is 3. The van der Waals surface area contributed by atoms with Gasteiger partial charge < -0.3 is 25.9 Å². The molecule has 116 valence electrons. The summed E-state index contributed by atoms with van der Waals surface area (Å²) in [6.07, 6.45) is -1.81. The van der Waals surface area contributed by atoms with Crippen molar-refractivity contribution in [1.29, 1.82) is 0 Å². The summed E-state index contributed by atoms with van der Waals surface area (Å²) in [5.74, 6) is -1.61. The number of carbonyl (C=O) groups excluding carboxylic acids is 1. The van der Waals surface area contributed by atoms with Gasteiger partial charge in [-0.1, -0.05) is 12.1 Å². The van der Waals surface area contributed by atoms with Crippen LogP contribution in [0.2, 0.25) is 0 Å². The highest BCUT2D eigenvalue weighted by Crippen LogP contribution is 2.25. The smallest absolute Gasteiger partial charge is 0.292 e. The number of hydrogen-bond acceptors (Lipinski definition) is 5. The number of nitrogens with zero attached hydrogens (tertiary/aromatic N) is 2. The van der Waals surface area contributed by atoms with E-state index >= 15 is 0 Å². The van der Waals surface area contributed by atoms with E-state index in [9.17, 15) is 25.1 Å². The highest BCUT2D eigenvalue weighted by molar-refractivity contribution is 5.93. The number of aliphatic hydroxyl groups is 2. The zero-order valence-corrected chi connectivity index (χ0v) is 12.0. The number of aromatic nitrogens is 2. The van der Waals surface area contributed by atoms with Crippen LogP contribution in [0.15, 0.2) is 35.6 Å². The average Bonchev–Trinajstić information content (AvgIpc) is 2.44. The molecule has 1 aromatic carbocycles. The normalized spacial score (nSPS) is 13.8. The van der Waals surface area contributed by atoms with E-state index in [2.05, 4.69) is 0 Å². The second kappa shape index (κ2) is 5.49. The topological polar surface area (TPSA) is 135 Å². The highest BCUT2D eigenvalue weighted by Gasteiger charge is 2.33. The third-order valence-corrected chi connectivity index (χ3v) is 3.40. The van der Waals surface area contributed by atoms with E-state index in [0.29, 0.717) is 9.16 Å². The van der Waals surface area contributed by atoms with Gasteiger partial charge in [-0.05, 0) is 19.9 Å². The first-order valence-electron chi connectivity index (χ1n) is 6.39. The average molecular weight is 305 g/mol. The maximum Gasteiger partial charge on any atom is 0.292 e. The molecular weight excluding hydrogens is 290 g/mol. The number of aliphatic hydroxyl groups excluding tert-OH is 2. The van der Waals surface area contributed by atoms with Gasteiger partial charge in [-0.25, -0.2) is 0 Å². The summed E-state index contributed by atoms with van der Waals surface area (Å²) in [7, 11) is 0. The van der Waals surface area contributed by atoms with Crippen LogP contribution in [-0.4, -0.2) is 20.9 Å². The quantitative estimate of drug-likeness (QED) is 0.432. The standard InChI is InChI=1S/C14H15N3O5/c1-7-12(13(19)11(8(2)18)14(15)20)17(22)10-6-4-3-5-9(10)16(7)21/h3-6,13,18-19H,1-2H3,(H2,15,20)/b11-8-. The van der Waals surface area contributed by atoms with Crippen molar-refractivity contribution in [3.63, 3.8) is 0 Å². The summed E-state index contributed by atoms with van der Waals surface area (Å²) < 4.78 is 0.837. The molecule has 22 heavy (non-hydrogen) atoms. The third-order valence-electron chi connectivity index (χ3n) is 3.40. The van der Waals surface area contributed by atoms with Gasteiger partial charge in [0, 0.05) is 11.0 Å². The summed E-state index contributed by atoms with van der Waals surface area (Å²) in [5.41, 5.74) is 4.26. The minimum atomic E-state index is -1.81. The van der Waals surface area contributed by atoms with E-state index < -0.39 is 23.3 Å². The second-order valence-corrected chi connectivity index (χ2v) is 4.81. The Bertz CT molecular complexity index is 849. The van der Waals surface area contributed by atoms with E-state index in [1.54, 1.807) is 12.1 Å². The van der Waals surface area contributed by atoms with Crippen molar-refractivity contribution >= 4 is 16.9 Å². The van der Waals surface area contributed by atoms with Crippen LogP contribution in [0.25, 0.3) is 11.0 Å². The minimum absolute atomic E-state index is 0.0246. The van der Waals surface area contributed by atoms with E-state index in [0.717, 1.165) is 6.92 Å². The van der Waals surface area contributed by atoms with Crippen LogP contribution in [0, 0.1) is 17.0 Å². The molecule has 1 unspecified atom stereocenters. The number of primary amides is 1. The predicted molar refractivity (Wildman–Crippen MR) is 78.3 cm³/mol. The minimum Gasteiger partial charge on any atom is -0.805 e. The monoisotopic (exact) mass is 305 g/mol. The first-order chi connectivity index (χ1) is 10.3. The van der Waals surface area contributed by atoms with Crippen molar-refractivity contribution in [3.8, 4) is 0 Å². The number of amides is 1. The lowest BCUT2D eigenvalue weighted by molar-refractivity contribution is -0.481. The number of para-hydroxylation sites is 2. The molecule has 0 aliphatic carbocycles. The molecule has 0 aliphatic rings. The van der Waals surface area contributed by atoms with Gasteiger partial charge in [0.05, 0.1) is 15.7 Å². The maximum absolute atomic E-state index is 12.4. The Morgan fingerprint density at radius 3 is 2.55 bits per heavy atom. The van der Waals surface area contributed by atoms with Crippen molar-refractivity contribution < 1.29 is 19.4 Å². The van der Waals surface area contributed by atoms with Gasteiger partial charge in [0.25, 0.3) is 17.1 Å². The lowest BCUT2D eigenvalue weighted by Crippen LogP contribution is -2.32. The molecule has 4 N–H and O–H groups in total. The van der Waals surface area contributed by atoms with Gasteiger partial charge in [-0.15, -0.1) is 0 Å².